The van der Waals surface area contributed by atoms with Gasteiger partial charge in [0, 0.05) is 6.07 Å². The predicted molar refractivity (Wildman–Crippen MR) is 439 cm³/mol. The van der Waals surface area contributed by atoms with E-state index in [0.29, 0.717) is 57.8 Å². The first-order valence-corrected chi connectivity index (χ1v) is 34.8. The van der Waals surface area contributed by atoms with Crippen LogP contribution in [0.4, 0.5) is 39.5 Å². The van der Waals surface area contributed by atoms with E-state index in [4.69, 9.17) is 11.6 Å². The molecule has 0 aliphatic rings. The van der Waals surface area contributed by atoms with Crippen LogP contribution in [0.15, 0.2) is 103 Å². The highest BCUT2D eigenvalue weighted by molar-refractivity contribution is 6.30. The molecule has 7 aromatic carbocycles. The molecule has 0 atom stereocenters. The lowest BCUT2D eigenvalue weighted by Gasteiger charge is -2.18. The molecule has 7 aromatic rings. The van der Waals surface area contributed by atoms with Crippen LogP contribution >= 0.6 is 11.6 Å². The van der Waals surface area contributed by atoms with Crippen molar-refractivity contribution < 1.29 is 39.5 Å². The third kappa shape index (κ3) is 32.7. The van der Waals surface area contributed by atoms with E-state index in [2.05, 4.69) is 108 Å². The number of benzene rings is 7. The van der Waals surface area contributed by atoms with Crippen molar-refractivity contribution in [2.45, 2.75) is 336 Å². The van der Waals surface area contributed by atoms with Gasteiger partial charge >= 0.3 is 0 Å². The molecule has 10 heteroatoms. The topological polar surface area (TPSA) is 0 Å². The van der Waals surface area contributed by atoms with Gasteiger partial charge in [-0.05, 0) is 222 Å². The van der Waals surface area contributed by atoms with Gasteiger partial charge in [-0.2, -0.15) is 0 Å². The largest absolute Gasteiger partial charge is 0.207 e. The van der Waals surface area contributed by atoms with Gasteiger partial charge in [-0.1, -0.05) is 306 Å². The fourth-order valence-corrected chi connectivity index (χ4v) is 12.2. The van der Waals surface area contributed by atoms with E-state index in [1.807, 2.05) is 129 Å². The van der Waals surface area contributed by atoms with E-state index in [0.717, 1.165) is 45.0 Å². The number of rotatable bonds is 14. The molecule has 0 unspecified atom stereocenters. The van der Waals surface area contributed by atoms with Gasteiger partial charge in [0.1, 0.15) is 40.7 Å². The molecule has 7 rings (SSSR count). The summed E-state index contributed by atoms with van der Waals surface area (Å²) in [7, 11) is 0. The minimum absolute atomic E-state index is 0. The minimum atomic E-state index is -0.752. The van der Waals surface area contributed by atoms with Gasteiger partial charge in [0.2, 0.25) is 0 Å². The van der Waals surface area contributed by atoms with Crippen LogP contribution in [0.25, 0.3) is 0 Å². The first-order chi connectivity index (χ1) is 43.9. The second-order valence-electron chi connectivity index (χ2n) is 29.2. The van der Waals surface area contributed by atoms with Crippen molar-refractivity contribution in [2.75, 3.05) is 0 Å². The van der Waals surface area contributed by atoms with E-state index in [1.165, 1.54) is 46.5 Å². The lowest BCUT2D eigenvalue weighted by Crippen LogP contribution is -2.05. The quantitative estimate of drug-likeness (QED) is 0.0952. The molecule has 0 aliphatic carbocycles. The average Bonchev–Trinajstić information content (AvgIpc) is 0.835. The van der Waals surface area contributed by atoms with E-state index in [9.17, 15) is 39.5 Å². The summed E-state index contributed by atoms with van der Waals surface area (Å²) in [4.78, 5) is 0. The Bertz CT molecular complexity index is 3270. The zero-order valence-electron chi connectivity index (χ0n) is 63.2. The molecular weight excluding hydrogens is 1310 g/mol. The fourth-order valence-electron chi connectivity index (χ4n) is 12.0. The average molecular weight is 1460 g/mol. The molecule has 0 saturated heterocycles. The summed E-state index contributed by atoms with van der Waals surface area (Å²) in [6, 6.07) is 28.3. The lowest BCUT2D eigenvalue weighted by molar-refractivity contribution is 0.489. The summed E-state index contributed by atoms with van der Waals surface area (Å²) in [5, 5.41) is 0.220. The molecule has 584 valence electrons. The first kappa shape index (κ1) is 110. The molecule has 0 fully saturated rings. The number of hydrogen-bond acceptors (Lipinski definition) is 0. The molecule has 0 N–H and O–H groups in total. The van der Waals surface area contributed by atoms with Crippen molar-refractivity contribution in [3.8, 4) is 0 Å². The zero-order valence-corrected chi connectivity index (χ0v) is 63.9. The van der Waals surface area contributed by atoms with Crippen molar-refractivity contribution in [3.05, 3.63) is 244 Å². The van der Waals surface area contributed by atoms with Crippen molar-refractivity contribution in [3.63, 3.8) is 0 Å². The van der Waals surface area contributed by atoms with Gasteiger partial charge in [0.05, 0.1) is 5.02 Å². The molecule has 0 aromatic heterocycles. The maximum absolute atomic E-state index is 13.7. The molecular formula is C92H146ClF9. The molecule has 0 radical (unpaired) electrons. The summed E-state index contributed by atoms with van der Waals surface area (Å²) in [5.41, 5.74) is 14.6. The maximum atomic E-state index is 13.7. The lowest BCUT2D eigenvalue weighted by atomic mass is 9.87. The van der Waals surface area contributed by atoms with Crippen LogP contribution in [0, 0.1) is 59.3 Å². The second kappa shape index (κ2) is 51.4. The highest BCUT2D eigenvalue weighted by Crippen LogP contribution is 2.36. The molecule has 0 saturated carbocycles. The Hall–Kier alpha value is -5.80. The molecule has 0 aliphatic heterocycles. The van der Waals surface area contributed by atoms with Crippen LogP contribution in [-0.2, 0) is 0 Å². The van der Waals surface area contributed by atoms with Crippen LogP contribution in [0.2, 0.25) is 5.02 Å². The van der Waals surface area contributed by atoms with Crippen molar-refractivity contribution in [2.24, 2.45) is 0 Å². The standard InChI is InChI=1S/C13H20.C12H16ClF.3C12H16F2.2C12H17F.7CH4/c1-9(2)12-8-6-7-11(5)13(12)10(3)4;1-7(2)9-5-6-10(13)12(14)11(9)8(3)4;1-7(2)10-5-9(13)6-11(14)12(10)8(3)4;1-7(2)11-9(13)5-6-10(14)12(11)8(3)4;1-7(2)9-5-6-10(13)12(14)11(9)8(3)4;1-8(2)11-6-5-10(13)7-12(11)9(3)4;1-8(2)10-6-5-7-11(13)12(10)9(3)4;;;;;;;/h6-10H,1-5H3;4*5-8H,1-4H3;2*5-9H,1-4H3;7*1H4. The van der Waals surface area contributed by atoms with Crippen LogP contribution in [0.5, 0.6) is 0 Å². The van der Waals surface area contributed by atoms with Crippen molar-refractivity contribution in [1.82, 2.24) is 0 Å². The minimum Gasteiger partial charge on any atom is -0.207 e. The van der Waals surface area contributed by atoms with Gasteiger partial charge in [-0.25, -0.2) is 39.5 Å². The third-order valence-electron chi connectivity index (χ3n) is 16.5. The number of aryl methyl sites for hydroxylation is 1. The summed E-state index contributed by atoms with van der Waals surface area (Å²) in [6.45, 7) is 59.1. The van der Waals surface area contributed by atoms with E-state index in [1.54, 1.807) is 36.4 Å². The third-order valence-corrected chi connectivity index (χ3v) is 16.8. The zero-order chi connectivity index (χ0) is 73.5. The molecule has 0 nitrogen and oxygen atoms in total. The van der Waals surface area contributed by atoms with Crippen LogP contribution in [0.1, 0.15) is 412 Å². The highest BCUT2D eigenvalue weighted by atomic mass is 35.5. The summed E-state index contributed by atoms with van der Waals surface area (Å²) >= 11 is 5.76. The summed E-state index contributed by atoms with van der Waals surface area (Å²) < 4.78 is 120. The van der Waals surface area contributed by atoms with Crippen LogP contribution in [0.3, 0.4) is 0 Å². The highest BCUT2D eigenvalue weighted by Gasteiger charge is 2.22. The molecule has 0 bridgehead atoms. The van der Waals surface area contributed by atoms with E-state index >= 15 is 0 Å². The van der Waals surface area contributed by atoms with Gasteiger partial charge in [0.25, 0.3) is 0 Å². The monoisotopic (exact) mass is 1460 g/mol. The van der Waals surface area contributed by atoms with Crippen molar-refractivity contribution in [1.29, 1.82) is 0 Å². The SMILES string of the molecule is C.C.C.C.C.C.C.CC(C)c1c(F)ccc(F)c1C(C)C.CC(C)c1cc(F)cc(F)c1C(C)C.CC(C)c1ccc(Cl)c(F)c1C(C)C.CC(C)c1ccc(F)c(F)c1C(C)C.CC(C)c1ccc(F)cc1C(C)C.CC(C)c1cccc(F)c1C(C)C.Cc1cccc(C(C)C)c1C(C)C. The Kier molecular flexibility index (Phi) is 55.2. The maximum Gasteiger partial charge on any atom is 0.162 e. The Morgan fingerprint density at radius 1 is 0.216 bits per heavy atom. The summed E-state index contributed by atoms with van der Waals surface area (Å²) in [5.74, 6) is 0.405. The Morgan fingerprint density at radius 2 is 0.500 bits per heavy atom. The number of halogens is 10. The Balaban J connectivity index is -0.000000204. The second-order valence-corrected chi connectivity index (χ2v) is 29.6. The van der Waals surface area contributed by atoms with Gasteiger partial charge in [-0.15, -0.1) is 0 Å². The first-order valence-electron chi connectivity index (χ1n) is 34.5. The van der Waals surface area contributed by atoms with Gasteiger partial charge in [0.15, 0.2) is 11.6 Å². The van der Waals surface area contributed by atoms with Gasteiger partial charge < -0.3 is 0 Å². The van der Waals surface area contributed by atoms with Crippen LogP contribution in [-0.4, -0.2) is 0 Å². The molecule has 0 heterocycles. The predicted octanol–water partition coefficient (Wildman–Crippen LogP) is 34.2. The molecule has 102 heavy (non-hydrogen) atoms. The Labute approximate surface area is 627 Å². The van der Waals surface area contributed by atoms with Gasteiger partial charge in [-0.3, -0.25) is 0 Å². The van der Waals surface area contributed by atoms with Crippen molar-refractivity contribution >= 4 is 11.6 Å². The number of hydrogen-bond donors (Lipinski definition) is 0. The van der Waals surface area contributed by atoms with E-state index < -0.39 is 23.3 Å². The Morgan fingerprint density at radius 3 is 0.843 bits per heavy atom. The van der Waals surface area contributed by atoms with E-state index in [-0.39, 0.29) is 133 Å². The van der Waals surface area contributed by atoms with Crippen LogP contribution < -0.4 is 0 Å². The normalized spacial score (nSPS) is 10.6. The molecule has 0 spiro atoms. The summed E-state index contributed by atoms with van der Waals surface area (Å²) in [6.07, 6.45) is 0. The smallest absolute Gasteiger partial charge is 0.162 e. The molecule has 0 amide bonds. The fraction of sp³-hybridized carbons (Fsp3) is 0.543.